The molecule has 0 aliphatic rings. The Balaban J connectivity index is 2.00. The molecule has 0 aliphatic heterocycles. The number of ether oxygens (including phenoxy) is 3. The molecule has 0 bridgehead atoms. The molecule has 5 nitrogen and oxygen atoms in total. The van der Waals surface area contributed by atoms with Crippen molar-refractivity contribution in [1.29, 1.82) is 0 Å². The highest BCUT2D eigenvalue weighted by Gasteiger charge is 2.12. The highest BCUT2D eigenvalue weighted by molar-refractivity contribution is 5.91. The van der Waals surface area contributed by atoms with E-state index < -0.39 is 5.97 Å². The fourth-order valence-corrected chi connectivity index (χ4v) is 2.25. The first-order chi connectivity index (χ1) is 11.0. The minimum atomic E-state index is -1.04. The van der Waals surface area contributed by atoms with Crippen LogP contribution in [0.4, 0.5) is 0 Å². The Hall–Kier alpha value is -2.69. The van der Waals surface area contributed by atoms with Crippen molar-refractivity contribution >= 4 is 5.97 Å². The van der Waals surface area contributed by atoms with E-state index in [0.717, 1.165) is 16.9 Å². The summed E-state index contributed by atoms with van der Waals surface area (Å²) in [5.41, 5.74) is 2.20. The van der Waals surface area contributed by atoms with Gasteiger partial charge in [-0.05, 0) is 37.1 Å². The molecule has 0 aliphatic carbocycles. The molecule has 0 saturated carbocycles. The van der Waals surface area contributed by atoms with Crippen LogP contribution < -0.4 is 14.2 Å². The second-order valence-electron chi connectivity index (χ2n) is 5.09. The smallest absolute Gasteiger partial charge is 0.339 e. The topological polar surface area (TPSA) is 65.0 Å². The monoisotopic (exact) mass is 316 g/mol. The molecule has 2 aromatic carbocycles. The van der Waals surface area contributed by atoms with Crippen LogP contribution >= 0.6 is 0 Å². The Morgan fingerprint density at radius 1 is 1.04 bits per heavy atom. The lowest BCUT2D eigenvalue weighted by molar-refractivity contribution is 0.0691. The Labute approximate surface area is 135 Å². The van der Waals surface area contributed by atoms with E-state index in [0.29, 0.717) is 12.4 Å². The van der Waals surface area contributed by atoms with Crippen molar-refractivity contribution < 1.29 is 24.1 Å². The van der Waals surface area contributed by atoms with E-state index >= 15 is 0 Å². The van der Waals surface area contributed by atoms with Crippen LogP contribution in [0.5, 0.6) is 17.2 Å². The zero-order valence-corrected chi connectivity index (χ0v) is 13.5. The molecule has 1 N–H and O–H groups in total. The molecule has 0 heterocycles. The lowest BCUT2D eigenvalue weighted by atomic mass is 10.1. The van der Waals surface area contributed by atoms with Gasteiger partial charge in [0.1, 0.15) is 36.0 Å². The Morgan fingerprint density at radius 3 is 2.30 bits per heavy atom. The summed E-state index contributed by atoms with van der Waals surface area (Å²) in [6.45, 7) is 4.52. The van der Waals surface area contributed by atoms with Crippen molar-refractivity contribution in [1.82, 2.24) is 0 Å². The predicted octanol–water partition coefficient (Wildman–Crippen LogP) is 3.47. The minimum Gasteiger partial charge on any atom is -0.497 e. The molecule has 0 fully saturated rings. The second-order valence-corrected chi connectivity index (χ2v) is 5.09. The van der Waals surface area contributed by atoms with Gasteiger partial charge in [-0.1, -0.05) is 18.2 Å². The predicted molar refractivity (Wildman–Crippen MR) is 86.9 cm³/mol. The summed E-state index contributed by atoms with van der Waals surface area (Å²) in [7, 11) is 1.52. The van der Waals surface area contributed by atoms with Crippen molar-refractivity contribution in [3.05, 3.63) is 53.1 Å². The van der Waals surface area contributed by atoms with Crippen molar-refractivity contribution in [2.45, 2.75) is 13.8 Å². The zero-order chi connectivity index (χ0) is 16.8. The Bertz CT molecular complexity index is 674. The van der Waals surface area contributed by atoms with E-state index in [4.69, 9.17) is 14.2 Å². The molecule has 0 aromatic heterocycles. The molecular weight excluding hydrogens is 296 g/mol. The lowest BCUT2D eigenvalue weighted by Crippen LogP contribution is -2.12. The van der Waals surface area contributed by atoms with E-state index in [1.807, 2.05) is 32.0 Å². The highest BCUT2D eigenvalue weighted by Crippen LogP contribution is 2.25. The number of hydrogen-bond acceptors (Lipinski definition) is 4. The van der Waals surface area contributed by atoms with E-state index in [1.165, 1.54) is 13.2 Å². The molecule has 0 saturated heterocycles. The van der Waals surface area contributed by atoms with Gasteiger partial charge in [-0.2, -0.15) is 0 Å². The molecule has 122 valence electrons. The van der Waals surface area contributed by atoms with E-state index in [-0.39, 0.29) is 17.9 Å². The standard InChI is InChI=1S/C18H20O5/c1-12-5-4-6-13(2)17(12)23-10-9-22-16-11-14(21-3)7-8-15(16)18(19)20/h4-8,11H,9-10H2,1-3H3,(H,19,20). The number of para-hydroxylation sites is 1. The molecule has 2 aromatic rings. The maximum Gasteiger partial charge on any atom is 0.339 e. The fourth-order valence-electron chi connectivity index (χ4n) is 2.25. The average Bonchev–Trinajstić information content (AvgIpc) is 2.53. The number of methoxy groups -OCH3 is 1. The molecule has 23 heavy (non-hydrogen) atoms. The van der Waals surface area contributed by atoms with Crippen LogP contribution in [-0.4, -0.2) is 31.4 Å². The fraction of sp³-hybridized carbons (Fsp3) is 0.278. The van der Waals surface area contributed by atoms with Gasteiger partial charge >= 0.3 is 5.97 Å². The second kappa shape index (κ2) is 7.54. The molecular formula is C18H20O5. The quantitative estimate of drug-likeness (QED) is 0.792. The lowest BCUT2D eigenvalue weighted by Gasteiger charge is -2.14. The summed E-state index contributed by atoms with van der Waals surface area (Å²) < 4.78 is 16.4. The van der Waals surface area contributed by atoms with Gasteiger partial charge in [-0.15, -0.1) is 0 Å². The maximum absolute atomic E-state index is 11.2. The molecule has 0 spiro atoms. The maximum atomic E-state index is 11.2. The molecule has 5 heteroatoms. The first kappa shape index (κ1) is 16.7. The normalized spacial score (nSPS) is 10.2. The third kappa shape index (κ3) is 4.16. The summed E-state index contributed by atoms with van der Waals surface area (Å²) in [5.74, 6) is 0.598. The van der Waals surface area contributed by atoms with Gasteiger partial charge in [0.05, 0.1) is 7.11 Å². The summed E-state index contributed by atoms with van der Waals surface area (Å²) in [4.78, 5) is 11.2. The average molecular weight is 316 g/mol. The number of rotatable bonds is 7. The number of aromatic carboxylic acids is 1. The van der Waals surface area contributed by atoms with E-state index in [9.17, 15) is 9.90 Å². The third-order valence-electron chi connectivity index (χ3n) is 3.42. The molecule has 0 radical (unpaired) electrons. The molecule has 2 rings (SSSR count). The van der Waals surface area contributed by atoms with Gasteiger partial charge in [0.25, 0.3) is 0 Å². The van der Waals surface area contributed by atoms with Crippen molar-refractivity contribution in [2.24, 2.45) is 0 Å². The number of aryl methyl sites for hydroxylation is 2. The van der Waals surface area contributed by atoms with Gasteiger partial charge in [0.2, 0.25) is 0 Å². The summed E-state index contributed by atoms with van der Waals surface area (Å²) in [6, 6.07) is 10.5. The van der Waals surface area contributed by atoms with Gasteiger partial charge in [-0.3, -0.25) is 0 Å². The number of carboxylic acid groups (broad SMARTS) is 1. The SMILES string of the molecule is COc1ccc(C(=O)O)c(OCCOc2c(C)cccc2C)c1. The minimum absolute atomic E-state index is 0.0953. The van der Waals surface area contributed by atoms with Gasteiger partial charge in [-0.25, -0.2) is 4.79 Å². The van der Waals surface area contributed by atoms with Gasteiger partial charge in [0, 0.05) is 6.07 Å². The summed E-state index contributed by atoms with van der Waals surface area (Å²) in [5, 5.41) is 9.18. The first-order valence-electron chi connectivity index (χ1n) is 7.26. The largest absolute Gasteiger partial charge is 0.497 e. The van der Waals surface area contributed by atoms with Crippen LogP contribution in [-0.2, 0) is 0 Å². The van der Waals surface area contributed by atoms with Crippen LogP contribution in [0.1, 0.15) is 21.5 Å². The van der Waals surface area contributed by atoms with Crippen LogP contribution in [0.3, 0.4) is 0 Å². The zero-order valence-electron chi connectivity index (χ0n) is 13.5. The van der Waals surface area contributed by atoms with Gasteiger partial charge < -0.3 is 19.3 Å². The number of hydrogen-bond donors (Lipinski definition) is 1. The van der Waals surface area contributed by atoms with Crippen molar-refractivity contribution in [3.63, 3.8) is 0 Å². The van der Waals surface area contributed by atoms with Crippen LogP contribution in [0.15, 0.2) is 36.4 Å². The number of carboxylic acids is 1. The number of carbonyl (C=O) groups is 1. The van der Waals surface area contributed by atoms with E-state index in [1.54, 1.807) is 12.1 Å². The van der Waals surface area contributed by atoms with Crippen LogP contribution in [0, 0.1) is 13.8 Å². The molecule has 0 amide bonds. The third-order valence-corrected chi connectivity index (χ3v) is 3.42. The van der Waals surface area contributed by atoms with Crippen molar-refractivity contribution in [3.8, 4) is 17.2 Å². The Morgan fingerprint density at radius 2 is 1.70 bits per heavy atom. The number of benzene rings is 2. The summed E-state index contributed by atoms with van der Waals surface area (Å²) >= 11 is 0. The van der Waals surface area contributed by atoms with Crippen molar-refractivity contribution in [2.75, 3.05) is 20.3 Å². The van der Waals surface area contributed by atoms with E-state index in [2.05, 4.69) is 0 Å². The van der Waals surface area contributed by atoms with Gasteiger partial charge in [0.15, 0.2) is 0 Å². The summed E-state index contributed by atoms with van der Waals surface area (Å²) in [6.07, 6.45) is 0. The molecule has 0 atom stereocenters. The van der Waals surface area contributed by atoms with Crippen LogP contribution in [0.25, 0.3) is 0 Å². The molecule has 0 unspecified atom stereocenters. The highest BCUT2D eigenvalue weighted by atomic mass is 16.5. The first-order valence-corrected chi connectivity index (χ1v) is 7.26. The van der Waals surface area contributed by atoms with Crippen LogP contribution in [0.2, 0.25) is 0 Å². The Kier molecular flexibility index (Phi) is 5.46.